The molecule has 0 aromatic heterocycles. The summed E-state index contributed by atoms with van der Waals surface area (Å²) in [6.45, 7) is -0.584. The molecule has 1 heterocycles. The predicted molar refractivity (Wildman–Crippen MR) is 76.1 cm³/mol. The smallest absolute Gasteiger partial charge is 0.416 e. The topological polar surface area (TPSA) is 63.7 Å². The summed E-state index contributed by atoms with van der Waals surface area (Å²) in [5, 5.41) is -0.740. The van der Waals surface area contributed by atoms with E-state index in [4.69, 9.17) is 0 Å². The zero-order valence-electron chi connectivity index (χ0n) is 11.7. The number of rotatable bonds is 3. The van der Waals surface area contributed by atoms with Gasteiger partial charge < -0.3 is 4.74 Å². The summed E-state index contributed by atoms with van der Waals surface area (Å²) in [5.74, 6) is -1.63. The van der Waals surface area contributed by atoms with Crippen LogP contribution in [0.1, 0.15) is 11.1 Å². The normalized spacial score (nSPS) is 17.0. The minimum atomic E-state index is -4.59. The van der Waals surface area contributed by atoms with Crippen molar-refractivity contribution in [3.05, 3.63) is 40.3 Å². The van der Waals surface area contributed by atoms with E-state index < -0.39 is 35.4 Å². The van der Waals surface area contributed by atoms with Gasteiger partial charge in [0.2, 0.25) is 0 Å². The fourth-order valence-corrected chi connectivity index (χ4v) is 2.68. The van der Waals surface area contributed by atoms with Gasteiger partial charge in [0, 0.05) is 0 Å². The Morgan fingerprint density at radius 2 is 1.96 bits per heavy atom. The number of hydrogen-bond acceptors (Lipinski definition) is 5. The molecule has 1 saturated heterocycles. The van der Waals surface area contributed by atoms with Crippen molar-refractivity contribution in [3.8, 4) is 0 Å². The average molecular weight is 345 g/mol. The van der Waals surface area contributed by atoms with Gasteiger partial charge in [-0.05, 0) is 29.5 Å². The molecule has 1 aliphatic heterocycles. The Morgan fingerprint density at radius 3 is 2.57 bits per heavy atom. The molecule has 2 rings (SSSR count). The molecule has 23 heavy (non-hydrogen) atoms. The van der Waals surface area contributed by atoms with E-state index in [0.29, 0.717) is 16.7 Å². The highest BCUT2D eigenvalue weighted by molar-refractivity contribution is 8.18. The van der Waals surface area contributed by atoms with Gasteiger partial charge in [-0.3, -0.25) is 19.3 Å². The number of nitrogens with zero attached hydrogens (tertiary/aromatic N) is 1. The largest absolute Gasteiger partial charge is 0.468 e. The van der Waals surface area contributed by atoms with Crippen molar-refractivity contribution in [2.24, 2.45) is 0 Å². The first-order valence-corrected chi connectivity index (χ1v) is 7.04. The van der Waals surface area contributed by atoms with Crippen LogP contribution < -0.4 is 0 Å². The number of carbonyl (C=O) groups is 3. The second kappa shape index (κ2) is 6.45. The van der Waals surface area contributed by atoms with Crippen molar-refractivity contribution in [3.63, 3.8) is 0 Å². The maximum Gasteiger partial charge on any atom is 0.416 e. The molecule has 0 bridgehead atoms. The van der Waals surface area contributed by atoms with Gasteiger partial charge in [0.15, 0.2) is 0 Å². The van der Waals surface area contributed by atoms with E-state index in [1.165, 1.54) is 18.2 Å². The van der Waals surface area contributed by atoms with Gasteiger partial charge in [0.05, 0.1) is 17.6 Å². The van der Waals surface area contributed by atoms with Gasteiger partial charge in [0.25, 0.3) is 11.1 Å². The number of esters is 1. The summed E-state index contributed by atoms with van der Waals surface area (Å²) in [4.78, 5) is 35.4. The highest BCUT2D eigenvalue weighted by atomic mass is 32.2. The number of halogens is 3. The van der Waals surface area contributed by atoms with Crippen LogP contribution in [-0.2, 0) is 20.5 Å². The van der Waals surface area contributed by atoms with Crippen molar-refractivity contribution >= 4 is 35.0 Å². The van der Waals surface area contributed by atoms with Crippen molar-refractivity contribution in [1.29, 1.82) is 0 Å². The average Bonchev–Trinajstić information content (AvgIpc) is 2.74. The van der Waals surface area contributed by atoms with E-state index >= 15 is 0 Å². The molecule has 9 heteroatoms. The summed E-state index contributed by atoms with van der Waals surface area (Å²) in [5.41, 5.74) is -1.15. The van der Waals surface area contributed by atoms with E-state index in [-0.39, 0.29) is 10.5 Å². The SMILES string of the molecule is COC(=O)CN1C(=O)S/C(=C\c2ccccc2C(F)(F)F)C1=O. The first-order valence-electron chi connectivity index (χ1n) is 6.22. The van der Waals surface area contributed by atoms with Crippen LogP contribution in [0.2, 0.25) is 0 Å². The lowest BCUT2D eigenvalue weighted by atomic mass is 10.1. The molecular formula is C14H10F3NO4S. The number of ether oxygens (including phenoxy) is 1. The van der Waals surface area contributed by atoms with Crippen LogP contribution >= 0.6 is 11.8 Å². The number of amides is 2. The van der Waals surface area contributed by atoms with Gasteiger partial charge in [-0.1, -0.05) is 18.2 Å². The lowest BCUT2D eigenvalue weighted by molar-refractivity contribution is -0.143. The lowest BCUT2D eigenvalue weighted by Crippen LogP contribution is -2.34. The van der Waals surface area contributed by atoms with E-state index in [1.807, 2.05) is 0 Å². The lowest BCUT2D eigenvalue weighted by Gasteiger charge is -2.11. The van der Waals surface area contributed by atoms with Crippen LogP contribution in [0.4, 0.5) is 18.0 Å². The number of hydrogen-bond donors (Lipinski definition) is 0. The van der Waals surface area contributed by atoms with E-state index in [9.17, 15) is 27.6 Å². The number of thioether (sulfide) groups is 1. The minimum absolute atomic E-state index is 0.185. The van der Waals surface area contributed by atoms with Crippen LogP contribution in [0, 0.1) is 0 Å². The van der Waals surface area contributed by atoms with Gasteiger partial charge >= 0.3 is 12.1 Å². The molecule has 0 saturated carbocycles. The summed E-state index contributed by atoms with van der Waals surface area (Å²) >= 11 is 0.472. The Bertz CT molecular complexity index is 700. The number of carbonyl (C=O) groups excluding carboxylic acids is 3. The molecule has 0 N–H and O–H groups in total. The highest BCUT2D eigenvalue weighted by Crippen LogP contribution is 2.36. The Balaban J connectivity index is 2.34. The van der Waals surface area contributed by atoms with Crippen LogP contribution in [0.15, 0.2) is 29.2 Å². The molecule has 122 valence electrons. The van der Waals surface area contributed by atoms with Gasteiger partial charge in [-0.2, -0.15) is 13.2 Å². The zero-order chi connectivity index (χ0) is 17.2. The standard InChI is InChI=1S/C14H10F3NO4S/c1-22-11(19)7-18-12(20)10(23-13(18)21)6-8-4-2-3-5-9(8)14(15,16)17/h2-6H,7H2,1H3/b10-6-. The number of methoxy groups -OCH3 is 1. The van der Waals surface area contributed by atoms with Crippen LogP contribution in [-0.4, -0.2) is 35.7 Å². The molecule has 1 aromatic rings. The summed E-state index contributed by atoms with van der Waals surface area (Å²) in [7, 11) is 1.09. The predicted octanol–water partition coefficient (Wildman–Crippen LogP) is 2.91. The molecule has 0 unspecified atom stereocenters. The molecule has 1 fully saturated rings. The molecule has 1 aliphatic rings. The van der Waals surface area contributed by atoms with Crippen LogP contribution in [0.5, 0.6) is 0 Å². The van der Waals surface area contributed by atoms with Crippen molar-refractivity contribution in [1.82, 2.24) is 4.90 Å². The number of imide groups is 1. The Hall–Kier alpha value is -2.29. The fraction of sp³-hybridized carbons (Fsp3) is 0.214. The number of benzene rings is 1. The molecule has 0 spiro atoms. The third-order valence-corrected chi connectivity index (χ3v) is 3.85. The molecule has 0 atom stereocenters. The molecular weight excluding hydrogens is 335 g/mol. The molecule has 5 nitrogen and oxygen atoms in total. The fourth-order valence-electron chi connectivity index (χ4n) is 1.85. The first kappa shape index (κ1) is 17.1. The molecule has 0 radical (unpaired) electrons. The van der Waals surface area contributed by atoms with Crippen molar-refractivity contribution in [2.45, 2.75) is 6.18 Å². The quantitative estimate of drug-likeness (QED) is 0.623. The highest BCUT2D eigenvalue weighted by Gasteiger charge is 2.38. The Morgan fingerprint density at radius 1 is 1.30 bits per heavy atom. The molecule has 2 amide bonds. The Kier molecular flexibility index (Phi) is 4.79. The van der Waals surface area contributed by atoms with Gasteiger partial charge in [-0.15, -0.1) is 0 Å². The second-order valence-electron chi connectivity index (χ2n) is 4.43. The maximum absolute atomic E-state index is 12.9. The van der Waals surface area contributed by atoms with E-state index in [1.54, 1.807) is 0 Å². The number of alkyl halides is 3. The van der Waals surface area contributed by atoms with Crippen LogP contribution in [0.3, 0.4) is 0 Å². The third-order valence-electron chi connectivity index (χ3n) is 2.94. The third kappa shape index (κ3) is 3.73. The van der Waals surface area contributed by atoms with Crippen molar-refractivity contribution in [2.75, 3.05) is 13.7 Å². The first-order chi connectivity index (χ1) is 10.7. The van der Waals surface area contributed by atoms with Crippen molar-refractivity contribution < 1.29 is 32.3 Å². The van der Waals surface area contributed by atoms with E-state index in [0.717, 1.165) is 19.3 Å². The van der Waals surface area contributed by atoms with Gasteiger partial charge in [0.1, 0.15) is 6.54 Å². The second-order valence-corrected chi connectivity index (χ2v) is 5.42. The van der Waals surface area contributed by atoms with E-state index in [2.05, 4.69) is 4.74 Å². The van der Waals surface area contributed by atoms with Crippen LogP contribution in [0.25, 0.3) is 6.08 Å². The summed E-state index contributed by atoms with van der Waals surface area (Å²) in [6, 6.07) is 4.69. The minimum Gasteiger partial charge on any atom is -0.468 e. The van der Waals surface area contributed by atoms with Gasteiger partial charge in [-0.25, -0.2) is 0 Å². The monoisotopic (exact) mass is 345 g/mol. The Labute approximate surface area is 133 Å². The zero-order valence-corrected chi connectivity index (χ0v) is 12.5. The maximum atomic E-state index is 12.9. The molecule has 0 aliphatic carbocycles. The summed E-state index contributed by atoms with van der Waals surface area (Å²) in [6.07, 6.45) is -3.60. The molecule has 1 aromatic carbocycles. The summed E-state index contributed by atoms with van der Waals surface area (Å²) < 4.78 is 43.2.